The first kappa shape index (κ1) is 24.0. The Balaban J connectivity index is 1.44. The molecule has 1 aliphatic heterocycles. The second kappa shape index (κ2) is 10.5. The van der Waals surface area contributed by atoms with E-state index in [9.17, 15) is 5.11 Å². The van der Waals surface area contributed by atoms with E-state index in [1.54, 1.807) is 24.3 Å². The summed E-state index contributed by atoms with van der Waals surface area (Å²) in [5.41, 5.74) is 4.36. The number of nitrogens with zero attached hydrogens (tertiary/aromatic N) is 5. The molecule has 0 amide bonds. The number of nitrogens with one attached hydrogen (secondary N) is 1. The predicted octanol–water partition coefficient (Wildman–Crippen LogP) is 4.52. The monoisotopic (exact) mass is 496 g/mol. The molecule has 1 aliphatic rings. The summed E-state index contributed by atoms with van der Waals surface area (Å²) < 4.78 is 2.22. The topological polar surface area (TPSA) is 80.1 Å². The summed E-state index contributed by atoms with van der Waals surface area (Å²) in [4.78, 5) is 10.4. The molecule has 0 unspecified atom stereocenters. The van der Waals surface area contributed by atoms with Gasteiger partial charge in [-0.15, -0.1) is 10.2 Å². The SMILES string of the molecule is CN(C)CCN(C)Sc1ccc2[nH]c(O)c(C=c3ccc4c(c3)N=NC=4/C=C/c3ccncc3)c2c1. The van der Waals surface area contributed by atoms with Crippen molar-refractivity contribution in [1.29, 1.82) is 0 Å². The normalized spacial score (nSPS) is 13.7. The first-order valence-electron chi connectivity index (χ1n) is 11.7. The number of hydrogen-bond acceptors (Lipinski definition) is 7. The van der Waals surface area contributed by atoms with Crippen LogP contribution in [-0.4, -0.2) is 58.5 Å². The molecular formula is C28H28N6OS. The highest BCUT2D eigenvalue weighted by atomic mass is 32.2. The lowest BCUT2D eigenvalue weighted by molar-refractivity contribution is 0.372. The van der Waals surface area contributed by atoms with Crippen LogP contribution in [0.25, 0.3) is 28.8 Å². The maximum absolute atomic E-state index is 10.7. The minimum absolute atomic E-state index is 0.155. The summed E-state index contributed by atoms with van der Waals surface area (Å²) in [6.07, 6.45) is 9.49. The van der Waals surface area contributed by atoms with Crippen LogP contribution in [0.3, 0.4) is 0 Å². The molecule has 2 N–H and O–H groups in total. The number of aromatic hydroxyl groups is 1. The van der Waals surface area contributed by atoms with Crippen LogP contribution in [0.15, 0.2) is 82.1 Å². The van der Waals surface area contributed by atoms with Crippen LogP contribution in [0.1, 0.15) is 11.1 Å². The Morgan fingerprint density at radius 2 is 1.78 bits per heavy atom. The minimum Gasteiger partial charge on any atom is -0.494 e. The molecule has 5 rings (SSSR count). The number of azo groups is 1. The van der Waals surface area contributed by atoms with Crippen LogP contribution in [-0.2, 0) is 0 Å². The molecule has 182 valence electrons. The zero-order valence-corrected chi connectivity index (χ0v) is 21.3. The lowest BCUT2D eigenvalue weighted by atomic mass is 10.1. The first-order chi connectivity index (χ1) is 17.5. The lowest BCUT2D eigenvalue weighted by Gasteiger charge is -2.18. The summed E-state index contributed by atoms with van der Waals surface area (Å²) in [7, 11) is 6.25. The number of fused-ring (bicyclic) bond motifs is 2. The smallest absolute Gasteiger partial charge is 0.196 e. The van der Waals surface area contributed by atoms with Gasteiger partial charge in [0.1, 0.15) is 0 Å². The Morgan fingerprint density at radius 3 is 2.58 bits per heavy atom. The van der Waals surface area contributed by atoms with Crippen molar-refractivity contribution in [1.82, 2.24) is 19.2 Å². The number of benzene rings is 2. The Hall–Kier alpha value is -3.72. The molecule has 0 aliphatic carbocycles. The number of rotatable bonds is 8. The number of likely N-dealkylation sites (N-methyl/N-ethyl adjacent to an activating group) is 2. The van der Waals surface area contributed by atoms with E-state index in [4.69, 9.17) is 0 Å². The van der Waals surface area contributed by atoms with Crippen molar-refractivity contribution in [2.45, 2.75) is 4.90 Å². The summed E-state index contributed by atoms with van der Waals surface area (Å²) in [6.45, 7) is 1.94. The van der Waals surface area contributed by atoms with Crippen LogP contribution in [0.4, 0.5) is 5.69 Å². The average molecular weight is 497 g/mol. The summed E-state index contributed by atoms with van der Waals surface area (Å²) in [5.74, 6) is 0.155. The van der Waals surface area contributed by atoms with Gasteiger partial charge in [-0.3, -0.25) is 4.98 Å². The molecule has 2 aromatic carbocycles. The fraction of sp³-hybridized carbons (Fsp3) is 0.179. The average Bonchev–Trinajstić information content (AvgIpc) is 3.42. The van der Waals surface area contributed by atoms with Gasteiger partial charge < -0.3 is 15.0 Å². The van der Waals surface area contributed by atoms with E-state index in [1.807, 2.05) is 54.6 Å². The van der Waals surface area contributed by atoms with Crippen LogP contribution in [0.2, 0.25) is 0 Å². The van der Waals surface area contributed by atoms with Gasteiger partial charge in [-0.2, -0.15) is 0 Å². The molecule has 0 fully saturated rings. The van der Waals surface area contributed by atoms with Gasteiger partial charge in [0, 0.05) is 52.1 Å². The lowest BCUT2D eigenvalue weighted by Crippen LogP contribution is -2.24. The molecule has 36 heavy (non-hydrogen) atoms. The van der Waals surface area contributed by atoms with E-state index in [2.05, 4.69) is 62.7 Å². The zero-order chi connectivity index (χ0) is 25.1. The zero-order valence-electron chi connectivity index (χ0n) is 20.5. The largest absolute Gasteiger partial charge is 0.494 e. The number of pyridine rings is 1. The maximum atomic E-state index is 10.7. The van der Waals surface area contributed by atoms with Crippen molar-refractivity contribution in [2.75, 3.05) is 34.2 Å². The molecule has 4 aromatic rings. The highest BCUT2D eigenvalue weighted by Gasteiger charge is 2.12. The second-order valence-electron chi connectivity index (χ2n) is 8.96. The van der Waals surface area contributed by atoms with Crippen molar-refractivity contribution in [3.8, 4) is 5.88 Å². The van der Waals surface area contributed by atoms with Crippen molar-refractivity contribution >= 4 is 46.4 Å². The minimum atomic E-state index is 0.155. The third-order valence-corrected chi connectivity index (χ3v) is 6.89. The van der Waals surface area contributed by atoms with Crippen molar-refractivity contribution < 1.29 is 5.11 Å². The number of aromatic amines is 1. The molecule has 0 atom stereocenters. The van der Waals surface area contributed by atoms with Gasteiger partial charge >= 0.3 is 0 Å². The third-order valence-electron chi connectivity index (χ3n) is 5.93. The van der Waals surface area contributed by atoms with Gasteiger partial charge in [0.05, 0.1) is 11.4 Å². The van der Waals surface area contributed by atoms with E-state index in [-0.39, 0.29) is 5.88 Å². The van der Waals surface area contributed by atoms with Gasteiger partial charge in [0.2, 0.25) is 0 Å². The summed E-state index contributed by atoms with van der Waals surface area (Å²) >= 11 is 1.70. The number of hydrogen-bond donors (Lipinski definition) is 2. The molecule has 0 saturated heterocycles. The van der Waals surface area contributed by atoms with Crippen LogP contribution >= 0.6 is 11.9 Å². The van der Waals surface area contributed by atoms with E-state index in [1.165, 1.54) is 0 Å². The molecule has 0 bridgehead atoms. The molecule has 0 saturated carbocycles. The molecule has 0 radical (unpaired) electrons. The van der Waals surface area contributed by atoms with Gasteiger partial charge in [0.15, 0.2) is 5.88 Å². The highest BCUT2D eigenvalue weighted by Crippen LogP contribution is 2.32. The van der Waals surface area contributed by atoms with Crippen LogP contribution < -0.4 is 10.4 Å². The Bertz CT molecular complexity index is 1570. The quantitative estimate of drug-likeness (QED) is 0.351. The molecule has 8 heteroatoms. The Labute approximate surface area is 214 Å². The van der Waals surface area contributed by atoms with Gasteiger partial charge in [-0.05, 0) is 98.5 Å². The van der Waals surface area contributed by atoms with Crippen LogP contribution in [0, 0.1) is 0 Å². The Morgan fingerprint density at radius 1 is 0.944 bits per heavy atom. The van der Waals surface area contributed by atoms with Crippen molar-refractivity contribution in [3.63, 3.8) is 0 Å². The van der Waals surface area contributed by atoms with E-state index < -0.39 is 0 Å². The number of H-pyrrole nitrogens is 1. The van der Waals surface area contributed by atoms with E-state index in [0.717, 1.165) is 61.8 Å². The molecular weight excluding hydrogens is 468 g/mol. The molecule has 2 aromatic heterocycles. The van der Waals surface area contributed by atoms with Crippen LogP contribution in [0.5, 0.6) is 5.88 Å². The highest BCUT2D eigenvalue weighted by molar-refractivity contribution is 7.97. The predicted molar refractivity (Wildman–Crippen MR) is 147 cm³/mol. The molecule has 0 spiro atoms. The number of aromatic nitrogens is 2. The molecule has 3 heterocycles. The first-order valence-corrected chi connectivity index (χ1v) is 12.5. The standard InChI is InChI=1S/C28H28N6OS/c1-33(2)14-15-34(3)36-21-6-9-25-23(18-21)24(28(35)30-25)16-20-4-7-22-26(31-32-27(22)17-20)8-5-19-10-12-29-13-11-19/h4-13,16-18,30,35H,14-15H2,1-3H3/b8-5+,20-16?. The Kier molecular flexibility index (Phi) is 6.99. The van der Waals surface area contributed by atoms with Crippen molar-refractivity contribution in [3.05, 3.63) is 88.6 Å². The van der Waals surface area contributed by atoms with Gasteiger partial charge in [-0.25, -0.2) is 4.31 Å². The van der Waals surface area contributed by atoms with E-state index in [0.29, 0.717) is 0 Å². The third kappa shape index (κ3) is 5.41. The second-order valence-corrected chi connectivity index (χ2v) is 10.2. The maximum Gasteiger partial charge on any atom is 0.196 e. The van der Waals surface area contributed by atoms with Gasteiger partial charge in [0.25, 0.3) is 0 Å². The fourth-order valence-corrected chi connectivity index (χ4v) is 4.82. The van der Waals surface area contributed by atoms with Crippen molar-refractivity contribution in [2.24, 2.45) is 10.2 Å². The van der Waals surface area contributed by atoms with Gasteiger partial charge in [-0.1, -0.05) is 12.1 Å². The summed E-state index contributed by atoms with van der Waals surface area (Å²) in [6, 6.07) is 16.2. The van der Waals surface area contributed by atoms with E-state index >= 15 is 0 Å². The molecule has 7 nitrogen and oxygen atoms in total. The summed E-state index contributed by atoms with van der Waals surface area (Å²) in [5, 5.41) is 22.3. The fourth-order valence-electron chi connectivity index (χ4n) is 3.99.